The van der Waals surface area contributed by atoms with Crippen molar-refractivity contribution in [2.75, 3.05) is 29.5 Å². The molecule has 1 fully saturated rings. The van der Waals surface area contributed by atoms with Gasteiger partial charge in [0.05, 0.1) is 18.1 Å². The molecule has 1 saturated heterocycles. The molecule has 1 aromatic heterocycles. The lowest BCUT2D eigenvalue weighted by Crippen LogP contribution is -2.26. The van der Waals surface area contributed by atoms with Crippen LogP contribution in [-0.4, -0.2) is 34.6 Å². The minimum Gasteiger partial charge on any atom is -0.354 e. The van der Waals surface area contributed by atoms with Gasteiger partial charge in [-0.1, -0.05) is 0 Å². The summed E-state index contributed by atoms with van der Waals surface area (Å²) in [4.78, 5) is 11.0. The van der Waals surface area contributed by atoms with E-state index in [0.29, 0.717) is 6.54 Å². The van der Waals surface area contributed by atoms with E-state index in [-0.39, 0.29) is 0 Å². The molecule has 0 unspecified atom stereocenters. The molecule has 82 valence electrons. The van der Waals surface area contributed by atoms with E-state index in [9.17, 15) is 0 Å². The molecule has 1 aromatic rings. The molecule has 0 aliphatic carbocycles. The van der Waals surface area contributed by atoms with Crippen LogP contribution in [0.25, 0.3) is 0 Å². The fraction of sp³-hybridized carbons (Fsp3) is 0.600. The van der Waals surface area contributed by atoms with E-state index < -0.39 is 0 Å². The monoisotopic (exact) mass is 224 g/mol. The molecule has 1 aliphatic heterocycles. The maximum Gasteiger partial charge on any atom is 0.147 e. The van der Waals surface area contributed by atoms with Gasteiger partial charge in [-0.25, -0.2) is 4.98 Å². The summed E-state index contributed by atoms with van der Waals surface area (Å²) < 4.78 is 0. The average molecular weight is 224 g/mol. The molecule has 4 nitrogen and oxygen atoms in total. The van der Waals surface area contributed by atoms with Gasteiger partial charge in [0.15, 0.2) is 0 Å². The Bertz CT molecular complexity index is 293. The minimum absolute atomic E-state index is 0.461. The lowest BCUT2D eigenvalue weighted by atomic mass is 10.4. The van der Waals surface area contributed by atoms with Gasteiger partial charge < -0.3 is 10.6 Å². The van der Waals surface area contributed by atoms with E-state index in [1.807, 2.05) is 18.0 Å². The Balaban J connectivity index is 2.06. The summed E-state index contributed by atoms with van der Waals surface area (Å²) >= 11 is 2.01. The highest BCUT2D eigenvalue weighted by atomic mass is 32.2. The van der Waals surface area contributed by atoms with Crippen molar-refractivity contribution in [1.29, 1.82) is 0 Å². The molecular formula is C10H16N4S. The number of hydrogen-bond donors (Lipinski definition) is 1. The van der Waals surface area contributed by atoms with Crippen LogP contribution < -0.4 is 10.6 Å². The van der Waals surface area contributed by atoms with E-state index in [1.165, 1.54) is 17.9 Å². The number of hydrogen-bond acceptors (Lipinski definition) is 5. The van der Waals surface area contributed by atoms with Crippen molar-refractivity contribution < 1.29 is 0 Å². The lowest BCUT2D eigenvalue weighted by molar-refractivity contribution is 0.793. The summed E-state index contributed by atoms with van der Waals surface area (Å²) in [6, 6.07) is 0. The highest BCUT2D eigenvalue weighted by Crippen LogP contribution is 2.15. The molecule has 2 N–H and O–H groups in total. The molecule has 1 aliphatic rings. The number of aromatic nitrogens is 2. The van der Waals surface area contributed by atoms with Crippen LogP contribution in [0.4, 0.5) is 5.82 Å². The molecule has 0 saturated carbocycles. The van der Waals surface area contributed by atoms with Crippen molar-refractivity contribution in [1.82, 2.24) is 9.97 Å². The SMILES string of the molecule is NCc1cnc(N2CCCSCC2)cn1. The van der Waals surface area contributed by atoms with E-state index in [1.54, 1.807) is 6.20 Å². The molecule has 0 radical (unpaired) electrons. The summed E-state index contributed by atoms with van der Waals surface area (Å²) in [5.41, 5.74) is 6.33. The molecule has 0 spiro atoms. The topological polar surface area (TPSA) is 55.0 Å². The van der Waals surface area contributed by atoms with Crippen molar-refractivity contribution in [2.45, 2.75) is 13.0 Å². The molecule has 5 heteroatoms. The van der Waals surface area contributed by atoms with Gasteiger partial charge in [-0.05, 0) is 12.2 Å². The van der Waals surface area contributed by atoms with Gasteiger partial charge in [-0.2, -0.15) is 11.8 Å². The van der Waals surface area contributed by atoms with Crippen molar-refractivity contribution in [2.24, 2.45) is 5.73 Å². The van der Waals surface area contributed by atoms with E-state index in [2.05, 4.69) is 14.9 Å². The smallest absolute Gasteiger partial charge is 0.147 e. The van der Waals surface area contributed by atoms with Crippen molar-refractivity contribution in [3.8, 4) is 0 Å². The summed E-state index contributed by atoms with van der Waals surface area (Å²) in [6.45, 7) is 2.62. The quantitative estimate of drug-likeness (QED) is 0.808. The first-order valence-electron chi connectivity index (χ1n) is 5.24. The Morgan fingerprint density at radius 1 is 1.27 bits per heavy atom. The van der Waals surface area contributed by atoms with E-state index in [0.717, 1.165) is 24.6 Å². The Morgan fingerprint density at radius 2 is 2.20 bits per heavy atom. The second kappa shape index (κ2) is 5.32. The van der Waals surface area contributed by atoms with E-state index >= 15 is 0 Å². The molecule has 15 heavy (non-hydrogen) atoms. The van der Waals surface area contributed by atoms with Crippen LogP contribution in [0.2, 0.25) is 0 Å². The molecule has 0 aromatic carbocycles. The zero-order valence-corrected chi connectivity index (χ0v) is 9.54. The highest BCUT2D eigenvalue weighted by Gasteiger charge is 2.11. The predicted octanol–water partition coefficient (Wildman–Crippen LogP) is 0.879. The fourth-order valence-corrected chi connectivity index (χ4v) is 2.48. The maximum absolute atomic E-state index is 5.48. The second-order valence-corrected chi connectivity index (χ2v) is 4.75. The lowest BCUT2D eigenvalue weighted by Gasteiger charge is -2.20. The Kier molecular flexibility index (Phi) is 3.80. The fourth-order valence-electron chi connectivity index (χ4n) is 1.59. The number of nitrogens with zero attached hydrogens (tertiary/aromatic N) is 3. The van der Waals surface area contributed by atoms with Gasteiger partial charge in [0.25, 0.3) is 0 Å². The van der Waals surface area contributed by atoms with Crippen LogP contribution in [-0.2, 0) is 6.54 Å². The largest absolute Gasteiger partial charge is 0.354 e. The molecule has 0 bridgehead atoms. The maximum atomic E-state index is 5.48. The first kappa shape index (κ1) is 10.7. The van der Waals surface area contributed by atoms with Crippen molar-refractivity contribution in [3.05, 3.63) is 18.1 Å². The highest BCUT2D eigenvalue weighted by molar-refractivity contribution is 7.99. The number of anilines is 1. The summed E-state index contributed by atoms with van der Waals surface area (Å²) in [5, 5.41) is 0. The number of thioether (sulfide) groups is 1. The third-order valence-electron chi connectivity index (χ3n) is 2.45. The molecule has 0 atom stereocenters. The van der Waals surface area contributed by atoms with Crippen LogP contribution in [0.15, 0.2) is 12.4 Å². The second-order valence-electron chi connectivity index (χ2n) is 3.52. The Labute approximate surface area is 94.3 Å². The summed E-state index contributed by atoms with van der Waals surface area (Å²) in [6.07, 6.45) is 4.83. The average Bonchev–Trinajstić information content (AvgIpc) is 2.58. The number of nitrogens with two attached hydrogens (primary N) is 1. The molecule has 2 heterocycles. The van der Waals surface area contributed by atoms with E-state index in [4.69, 9.17) is 5.73 Å². The molecule has 2 rings (SSSR count). The van der Waals surface area contributed by atoms with Gasteiger partial charge >= 0.3 is 0 Å². The standard InChI is InChI=1S/C10H16N4S/c11-6-9-7-13-10(8-12-9)14-2-1-4-15-5-3-14/h7-8H,1-6,11H2. The van der Waals surface area contributed by atoms with Crippen LogP contribution in [0.1, 0.15) is 12.1 Å². The van der Waals surface area contributed by atoms with Crippen LogP contribution in [0.3, 0.4) is 0 Å². The summed E-state index contributed by atoms with van der Waals surface area (Å²) in [5.74, 6) is 3.42. The molecular weight excluding hydrogens is 208 g/mol. The Morgan fingerprint density at radius 3 is 2.93 bits per heavy atom. The first-order valence-corrected chi connectivity index (χ1v) is 6.39. The third kappa shape index (κ3) is 2.82. The predicted molar refractivity (Wildman–Crippen MR) is 64.1 cm³/mol. The van der Waals surface area contributed by atoms with Crippen molar-refractivity contribution in [3.63, 3.8) is 0 Å². The van der Waals surface area contributed by atoms with Gasteiger partial charge in [0.1, 0.15) is 5.82 Å². The van der Waals surface area contributed by atoms with Gasteiger partial charge in [0, 0.05) is 25.4 Å². The normalized spacial score (nSPS) is 17.5. The molecule has 0 amide bonds. The van der Waals surface area contributed by atoms with Crippen LogP contribution in [0.5, 0.6) is 0 Å². The summed E-state index contributed by atoms with van der Waals surface area (Å²) in [7, 11) is 0. The number of rotatable bonds is 2. The minimum atomic E-state index is 0.461. The first-order chi connectivity index (χ1) is 7.40. The van der Waals surface area contributed by atoms with Crippen molar-refractivity contribution >= 4 is 17.6 Å². The van der Waals surface area contributed by atoms with Crippen LogP contribution >= 0.6 is 11.8 Å². The Hall–Kier alpha value is -0.810. The van der Waals surface area contributed by atoms with Gasteiger partial charge in [0.2, 0.25) is 0 Å². The zero-order chi connectivity index (χ0) is 10.5. The van der Waals surface area contributed by atoms with Gasteiger partial charge in [-0.15, -0.1) is 0 Å². The van der Waals surface area contributed by atoms with Gasteiger partial charge in [-0.3, -0.25) is 4.98 Å². The zero-order valence-electron chi connectivity index (χ0n) is 8.72. The van der Waals surface area contributed by atoms with Crippen LogP contribution in [0, 0.1) is 0 Å². The third-order valence-corrected chi connectivity index (χ3v) is 3.50.